The van der Waals surface area contributed by atoms with E-state index in [1.807, 2.05) is 43.3 Å². The van der Waals surface area contributed by atoms with Crippen molar-refractivity contribution < 1.29 is 18.7 Å². The van der Waals surface area contributed by atoms with Crippen LogP contribution in [0.3, 0.4) is 0 Å². The first-order valence-corrected chi connectivity index (χ1v) is 12.9. The molecule has 2 aromatic heterocycles. The van der Waals surface area contributed by atoms with Gasteiger partial charge in [-0.3, -0.25) is 4.79 Å². The average molecular weight is 509 g/mol. The summed E-state index contributed by atoms with van der Waals surface area (Å²) in [5.74, 6) is 2.21. The van der Waals surface area contributed by atoms with Gasteiger partial charge in [0, 0.05) is 36.0 Å². The van der Waals surface area contributed by atoms with Crippen LogP contribution in [0.25, 0.3) is 10.9 Å². The highest BCUT2D eigenvalue weighted by Gasteiger charge is 2.23. The summed E-state index contributed by atoms with van der Waals surface area (Å²) < 4.78 is 18.6. The number of hydrogen-bond acceptors (Lipinski definition) is 4. The van der Waals surface area contributed by atoms with Crippen molar-refractivity contribution in [1.82, 2.24) is 9.88 Å². The SMILES string of the molecule is CCOc1ccc([C@H](CC(=O)NCc2ccco2)c2cn(Cc3ccc(OC)cc3)c3ccccc23)cc1. The minimum atomic E-state index is -0.135. The predicted molar refractivity (Wildman–Crippen MR) is 149 cm³/mol. The molecule has 1 atom stereocenters. The van der Waals surface area contributed by atoms with Crippen molar-refractivity contribution in [2.24, 2.45) is 0 Å². The second kappa shape index (κ2) is 11.7. The number of hydrogen-bond donors (Lipinski definition) is 1. The monoisotopic (exact) mass is 508 g/mol. The van der Waals surface area contributed by atoms with Crippen LogP contribution in [0.2, 0.25) is 0 Å². The number of nitrogens with zero attached hydrogens (tertiary/aromatic N) is 1. The Hall–Kier alpha value is -4.45. The van der Waals surface area contributed by atoms with Crippen LogP contribution in [0.4, 0.5) is 0 Å². The summed E-state index contributed by atoms with van der Waals surface area (Å²) in [6, 6.07) is 28.3. The van der Waals surface area contributed by atoms with E-state index in [2.05, 4.69) is 64.6 Å². The molecule has 0 unspecified atom stereocenters. The highest BCUT2D eigenvalue weighted by molar-refractivity contribution is 5.86. The molecule has 0 bridgehead atoms. The third-order valence-corrected chi connectivity index (χ3v) is 6.73. The minimum absolute atomic E-state index is 0.0349. The van der Waals surface area contributed by atoms with Gasteiger partial charge in [0.2, 0.25) is 5.91 Å². The van der Waals surface area contributed by atoms with Crippen molar-refractivity contribution in [1.29, 1.82) is 0 Å². The van der Waals surface area contributed by atoms with Crippen molar-refractivity contribution in [2.45, 2.75) is 32.4 Å². The molecule has 5 aromatic rings. The Morgan fingerprint density at radius 2 is 1.71 bits per heavy atom. The van der Waals surface area contributed by atoms with Crippen molar-refractivity contribution in [3.8, 4) is 11.5 Å². The normalized spacial score (nSPS) is 11.8. The van der Waals surface area contributed by atoms with Gasteiger partial charge in [-0.2, -0.15) is 0 Å². The maximum absolute atomic E-state index is 13.2. The first-order valence-electron chi connectivity index (χ1n) is 12.9. The smallest absolute Gasteiger partial charge is 0.221 e. The number of ether oxygens (including phenoxy) is 2. The molecule has 0 radical (unpaired) electrons. The van der Waals surface area contributed by atoms with Crippen LogP contribution in [0, 0.1) is 0 Å². The van der Waals surface area contributed by atoms with Crippen LogP contribution in [0.1, 0.15) is 41.7 Å². The number of rotatable bonds is 11. The van der Waals surface area contributed by atoms with Gasteiger partial charge < -0.3 is 23.8 Å². The number of fused-ring (bicyclic) bond motifs is 1. The lowest BCUT2D eigenvalue weighted by Crippen LogP contribution is -2.24. The molecule has 0 aliphatic heterocycles. The first kappa shape index (κ1) is 25.2. The molecule has 5 rings (SSSR count). The largest absolute Gasteiger partial charge is 0.497 e. The van der Waals surface area contributed by atoms with Crippen LogP contribution in [-0.4, -0.2) is 24.2 Å². The van der Waals surface area contributed by atoms with Crippen LogP contribution in [0.15, 0.2) is 102 Å². The molecule has 6 heteroatoms. The molecule has 0 aliphatic carbocycles. The van der Waals surface area contributed by atoms with E-state index < -0.39 is 0 Å². The van der Waals surface area contributed by atoms with Crippen LogP contribution in [-0.2, 0) is 17.9 Å². The summed E-state index contributed by atoms with van der Waals surface area (Å²) in [5, 5.41) is 4.15. The number of furan rings is 1. The zero-order chi connectivity index (χ0) is 26.3. The summed E-state index contributed by atoms with van der Waals surface area (Å²) in [6.45, 7) is 3.65. The molecule has 0 saturated carbocycles. The number of carbonyl (C=O) groups excluding carboxylic acids is 1. The fraction of sp³-hybridized carbons (Fsp3) is 0.219. The Kier molecular flexibility index (Phi) is 7.78. The van der Waals surface area contributed by atoms with Gasteiger partial charge in [0.15, 0.2) is 0 Å². The molecule has 38 heavy (non-hydrogen) atoms. The van der Waals surface area contributed by atoms with Gasteiger partial charge in [-0.05, 0) is 66.1 Å². The lowest BCUT2D eigenvalue weighted by molar-refractivity contribution is -0.121. The lowest BCUT2D eigenvalue weighted by atomic mass is 9.88. The molecule has 1 N–H and O–H groups in total. The Morgan fingerprint density at radius 1 is 0.947 bits per heavy atom. The highest BCUT2D eigenvalue weighted by Crippen LogP contribution is 2.36. The topological polar surface area (TPSA) is 65.6 Å². The molecule has 3 aromatic carbocycles. The Labute approximate surface area is 222 Å². The van der Waals surface area contributed by atoms with Crippen molar-refractivity contribution in [2.75, 3.05) is 13.7 Å². The van der Waals surface area contributed by atoms with Crippen molar-refractivity contribution in [3.63, 3.8) is 0 Å². The second-order valence-corrected chi connectivity index (χ2v) is 9.19. The van der Waals surface area contributed by atoms with Gasteiger partial charge in [0.1, 0.15) is 17.3 Å². The van der Waals surface area contributed by atoms with E-state index in [0.717, 1.165) is 39.3 Å². The van der Waals surface area contributed by atoms with Gasteiger partial charge >= 0.3 is 0 Å². The third kappa shape index (κ3) is 5.75. The maximum Gasteiger partial charge on any atom is 0.221 e. The standard InChI is InChI=1S/C32H32N2O4/c1-3-37-26-16-12-24(13-17-26)29(19-32(35)33-20-27-7-6-18-38-27)30-22-34(31-9-5-4-8-28(30)31)21-23-10-14-25(36-2)15-11-23/h4-18,22,29H,3,19-21H2,1-2H3,(H,33,35)/t29-/m0/s1. The zero-order valence-corrected chi connectivity index (χ0v) is 21.7. The fourth-order valence-corrected chi connectivity index (χ4v) is 4.84. The Bertz CT molecular complexity index is 1470. The predicted octanol–water partition coefficient (Wildman–Crippen LogP) is 6.53. The molecule has 0 spiro atoms. The summed E-state index contributed by atoms with van der Waals surface area (Å²) >= 11 is 0. The number of aromatic nitrogens is 1. The lowest BCUT2D eigenvalue weighted by Gasteiger charge is -2.18. The molecule has 0 aliphatic rings. The zero-order valence-electron chi connectivity index (χ0n) is 21.7. The van der Waals surface area contributed by atoms with Gasteiger partial charge in [-0.1, -0.05) is 42.5 Å². The molecule has 6 nitrogen and oxygen atoms in total. The van der Waals surface area contributed by atoms with Gasteiger partial charge in [0.05, 0.1) is 26.5 Å². The van der Waals surface area contributed by atoms with Gasteiger partial charge in [-0.25, -0.2) is 0 Å². The quantitative estimate of drug-likeness (QED) is 0.220. The number of amides is 1. The number of para-hydroxylation sites is 1. The molecule has 2 heterocycles. The summed E-state index contributed by atoms with van der Waals surface area (Å²) in [6.07, 6.45) is 4.11. The molecule has 194 valence electrons. The molecule has 0 saturated heterocycles. The van der Waals surface area contributed by atoms with Gasteiger partial charge in [-0.15, -0.1) is 0 Å². The van der Waals surface area contributed by atoms with Crippen LogP contribution < -0.4 is 14.8 Å². The minimum Gasteiger partial charge on any atom is -0.497 e. The van der Waals surface area contributed by atoms with E-state index in [1.165, 1.54) is 5.56 Å². The highest BCUT2D eigenvalue weighted by atomic mass is 16.5. The number of nitrogens with one attached hydrogen (secondary N) is 1. The molecule has 1 amide bonds. The Balaban J connectivity index is 1.49. The number of methoxy groups -OCH3 is 1. The van der Waals surface area contributed by atoms with Crippen LogP contribution >= 0.6 is 0 Å². The summed E-state index contributed by atoms with van der Waals surface area (Å²) in [4.78, 5) is 13.2. The van der Waals surface area contributed by atoms with E-state index in [0.29, 0.717) is 26.1 Å². The van der Waals surface area contributed by atoms with Gasteiger partial charge in [0.25, 0.3) is 0 Å². The Morgan fingerprint density at radius 3 is 2.42 bits per heavy atom. The number of carbonyl (C=O) groups is 1. The third-order valence-electron chi connectivity index (χ3n) is 6.73. The summed E-state index contributed by atoms with van der Waals surface area (Å²) in [7, 11) is 1.67. The second-order valence-electron chi connectivity index (χ2n) is 9.19. The maximum atomic E-state index is 13.2. The molecular weight excluding hydrogens is 476 g/mol. The number of benzene rings is 3. The fourth-order valence-electron chi connectivity index (χ4n) is 4.84. The summed E-state index contributed by atoms with van der Waals surface area (Å²) in [5.41, 5.74) is 4.48. The molecular formula is C32H32N2O4. The van der Waals surface area contributed by atoms with E-state index >= 15 is 0 Å². The van der Waals surface area contributed by atoms with E-state index in [1.54, 1.807) is 13.4 Å². The molecule has 0 fully saturated rings. The average Bonchev–Trinajstić information content (AvgIpc) is 3.60. The van der Waals surface area contributed by atoms with E-state index in [-0.39, 0.29) is 11.8 Å². The van der Waals surface area contributed by atoms with Crippen LogP contribution in [0.5, 0.6) is 11.5 Å². The van der Waals surface area contributed by atoms with E-state index in [4.69, 9.17) is 13.9 Å². The van der Waals surface area contributed by atoms with E-state index in [9.17, 15) is 4.79 Å². The van der Waals surface area contributed by atoms with Crippen molar-refractivity contribution in [3.05, 3.63) is 120 Å². The first-order chi connectivity index (χ1) is 18.6. The van der Waals surface area contributed by atoms with Crippen molar-refractivity contribution >= 4 is 16.8 Å².